The number of halogens is 2. The van der Waals surface area contributed by atoms with E-state index in [0.717, 1.165) is 17.9 Å². The summed E-state index contributed by atoms with van der Waals surface area (Å²) in [5.74, 6) is 0.571. The van der Waals surface area contributed by atoms with Crippen molar-refractivity contribution in [2.45, 2.75) is 25.3 Å². The Hall–Kier alpha value is -0.410. The van der Waals surface area contributed by atoms with E-state index >= 15 is 0 Å². The highest BCUT2D eigenvalue weighted by Crippen LogP contribution is 2.37. The van der Waals surface area contributed by atoms with Crippen molar-refractivity contribution >= 4 is 15.9 Å². The lowest BCUT2D eigenvalue weighted by Gasteiger charge is -2.11. The first kappa shape index (κ1) is 10.1. The molecule has 76 valence electrons. The molecule has 1 nitrogen and oxygen atoms in total. The van der Waals surface area contributed by atoms with Gasteiger partial charge in [0.05, 0.1) is 4.47 Å². The summed E-state index contributed by atoms with van der Waals surface area (Å²) in [5.41, 5.74) is 7.03. The summed E-state index contributed by atoms with van der Waals surface area (Å²) in [4.78, 5) is 0. The molecule has 1 atom stereocenters. The molecule has 1 fully saturated rings. The Morgan fingerprint density at radius 2 is 2.21 bits per heavy atom. The van der Waals surface area contributed by atoms with Crippen LogP contribution in [0, 0.1) is 11.7 Å². The maximum atomic E-state index is 12.9. The van der Waals surface area contributed by atoms with E-state index in [2.05, 4.69) is 15.9 Å². The third-order valence-corrected chi connectivity index (χ3v) is 3.26. The van der Waals surface area contributed by atoms with Crippen LogP contribution in [-0.2, 0) is 0 Å². The molecular formula is C11H13BrFN. The Bertz CT molecular complexity index is 336. The van der Waals surface area contributed by atoms with Crippen LogP contribution in [0.2, 0.25) is 0 Å². The van der Waals surface area contributed by atoms with E-state index in [1.807, 2.05) is 0 Å². The van der Waals surface area contributed by atoms with Gasteiger partial charge in [-0.2, -0.15) is 0 Å². The largest absolute Gasteiger partial charge is 0.324 e. The molecular weight excluding hydrogens is 245 g/mol. The topological polar surface area (TPSA) is 26.0 Å². The van der Waals surface area contributed by atoms with Crippen molar-refractivity contribution in [2.75, 3.05) is 0 Å². The van der Waals surface area contributed by atoms with Gasteiger partial charge in [0.15, 0.2) is 0 Å². The molecule has 14 heavy (non-hydrogen) atoms. The van der Waals surface area contributed by atoms with Crippen LogP contribution >= 0.6 is 15.9 Å². The summed E-state index contributed by atoms with van der Waals surface area (Å²) in [5, 5.41) is 0. The van der Waals surface area contributed by atoms with Crippen molar-refractivity contribution in [2.24, 2.45) is 11.7 Å². The van der Waals surface area contributed by atoms with Crippen LogP contribution in [0.1, 0.15) is 30.9 Å². The van der Waals surface area contributed by atoms with Crippen LogP contribution in [0.4, 0.5) is 4.39 Å². The average molecular weight is 258 g/mol. The van der Waals surface area contributed by atoms with E-state index < -0.39 is 0 Å². The Kier molecular flexibility index (Phi) is 2.88. The second-order valence-electron chi connectivity index (χ2n) is 3.96. The summed E-state index contributed by atoms with van der Waals surface area (Å²) in [6.45, 7) is 0. The molecule has 1 aliphatic carbocycles. The highest BCUT2D eigenvalue weighted by molar-refractivity contribution is 9.10. The molecule has 1 aliphatic rings. The molecule has 1 aromatic rings. The lowest BCUT2D eigenvalue weighted by atomic mass is 10.0. The van der Waals surface area contributed by atoms with Crippen LogP contribution < -0.4 is 5.73 Å². The molecule has 0 saturated heterocycles. The molecule has 1 unspecified atom stereocenters. The Morgan fingerprint density at radius 3 is 2.79 bits per heavy atom. The van der Waals surface area contributed by atoms with Crippen molar-refractivity contribution in [1.29, 1.82) is 0 Å². The summed E-state index contributed by atoms with van der Waals surface area (Å²) in [7, 11) is 0. The molecule has 0 aromatic heterocycles. The van der Waals surface area contributed by atoms with Crippen LogP contribution in [-0.4, -0.2) is 0 Å². The minimum atomic E-state index is -0.229. The van der Waals surface area contributed by atoms with Crippen molar-refractivity contribution in [3.63, 3.8) is 0 Å². The molecule has 0 bridgehead atoms. The van der Waals surface area contributed by atoms with Crippen molar-refractivity contribution in [3.05, 3.63) is 34.1 Å². The molecule has 2 N–H and O–H groups in total. The highest BCUT2D eigenvalue weighted by Gasteiger charge is 2.24. The maximum Gasteiger partial charge on any atom is 0.137 e. The predicted octanol–water partition coefficient (Wildman–Crippen LogP) is 3.39. The third kappa shape index (κ3) is 2.34. The molecule has 0 amide bonds. The van der Waals surface area contributed by atoms with E-state index in [-0.39, 0.29) is 11.9 Å². The Labute approximate surface area is 91.6 Å². The van der Waals surface area contributed by atoms with Gasteiger partial charge in [-0.1, -0.05) is 18.9 Å². The van der Waals surface area contributed by atoms with Gasteiger partial charge < -0.3 is 5.73 Å². The molecule has 1 aromatic carbocycles. The molecule has 2 rings (SSSR count). The van der Waals surface area contributed by atoms with Gasteiger partial charge in [-0.3, -0.25) is 0 Å². The lowest BCUT2D eigenvalue weighted by molar-refractivity contribution is 0.589. The minimum Gasteiger partial charge on any atom is -0.324 e. The van der Waals surface area contributed by atoms with Crippen molar-refractivity contribution in [3.8, 4) is 0 Å². The van der Waals surface area contributed by atoms with Crippen molar-refractivity contribution in [1.82, 2.24) is 0 Å². The zero-order valence-corrected chi connectivity index (χ0v) is 9.43. The van der Waals surface area contributed by atoms with Gasteiger partial charge in [-0.05, 0) is 46.0 Å². The smallest absolute Gasteiger partial charge is 0.137 e. The van der Waals surface area contributed by atoms with Crippen LogP contribution in [0.15, 0.2) is 22.7 Å². The van der Waals surface area contributed by atoms with Gasteiger partial charge in [0, 0.05) is 6.04 Å². The van der Waals surface area contributed by atoms with Crippen LogP contribution in [0.5, 0.6) is 0 Å². The van der Waals surface area contributed by atoms with E-state index in [1.54, 1.807) is 12.1 Å². The third-order valence-electron chi connectivity index (χ3n) is 2.66. The first-order chi connectivity index (χ1) is 6.66. The van der Waals surface area contributed by atoms with Gasteiger partial charge in [-0.15, -0.1) is 0 Å². The van der Waals surface area contributed by atoms with Gasteiger partial charge >= 0.3 is 0 Å². The van der Waals surface area contributed by atoms with E-state index in [4.69, 9.17) is 5.73 Å². The number of nitrogens with two attached hydrogens (primary N) is 1. The van der Waals surface area contributed by atoms with E-state index in [9.17, 15) is 4.39 Å². The monoisotopic (exact) mass is 257 g/mol. The van der Waals surface area contributed by atoms with E-state index in [1.165, 1.54) is 18.9 Å². The zero-order chi connectivity index (χ0) is 10.1. The van der Waals surface area contributed by atoms with E-state index in [0.29, 0.717) is 4.47 Å². The number of hydrogen-bond acceptors (Lipinski definition) is 1. The van der Waals surface area contributed by atoms with Crippen LogP contribution in [0.25, 0.3) is 0 Å². The second-order valence-corrected chi connectivity index (χ2v) is 4.81. The molecule has 0 heterocycles. The lowest BCUT2D eigenvalue weighted by Crippen LogP contribution is -2.11. The molecule has 1 saturated carbocycles. The first-order valence-corrected chi connectivity index (χ1v) is 5.66. The Morgan fingerprint density at radius 1 is 1.50 bits per heavy atom. The van der Waals surface area contributed by atoms with Gasteiger partial charge in [0.25, 0.3) is 0 Å². The summed E-state index contributed by atoms with van der Waals surface area (Å²) in [6, 6.07) is 5.07. The fourth-order valence-corrected chi connectivity index (χ4v) is 1.99. The fraction of sp³-hybridized carbons (Fsp3) is 0.455. The molecule has 0 aliphatic heterocycles. The quantitative estimate of drug-likeness (QED) is 0.883. The molecule has 0 radical (unpaired) electrons. The summed E-state index contributed by atoms with van der Waals surface area (Å²) >= 11 is 3.17. The number of hydrogen-bond donors (Lipinski definition) is 1. The Balaban J connectivity index is 2.10. The van der Waals surface area contributed by atoms with Gasteiger partial charge in [-0.25, -0.2) is 4.39 Å². The zero-order valence-electron chi connectivity index (χ0n) is 7.84. The number of rotatable bonds is 3. The first-order valence-electron chi connectivity index (χ1n) is 4.87. The van der Waals surface area contributed by atoms with Gasteiger partial charge in [0.1, 0.15) is 5.82 Å². The van der Waals surface area contributed by atoms with Crippen LogP contribution in [0.3, 0.4) is 0 Å². The number of benzene rings is 1. The van der Waals surface area contributed by atoms with Gasteiger partial charge in [0.2, 0.25) is 0 Å². The average Bonchev–Trinajstić information content (AvgIpc) is 2.93. The maximum absolute atomic E-state index is 12.9. The normalized spacial score (nSPS) is 18.2. The summed E-state index contributed by atoms with van der Waals surface area (Å²) < 4.78 is 13.5. The molecule has 3 heteroatoms. The summed E-state index contributed by atoms with van der Waals surface area (Å²) in [6.07, 6.45) is 3.63. The van der Waals surface area contributed by atoms with Crippen molar-refractivity contribution < 1.29 is 4.39 Å². The highest BCUT2D eigenvalue weighted by atomic mass is 79.9. The SMILES string of the molecule is NC(CC1CC1)c1ccc(F)c(Br)c1. The standard InChI is InChI=1S/C11H13BrFN/c12-9-6-8(3-4-10(9)13)11(14)5-7-1-2-7/h3-4,6-7,11H,1-2,5,14H2. The second kappa shape index (κ2) is 3.99. The minimum absolute atomic E-state index is 0.0550. The fourth-order valence-electron chi connectivity index (χ4n) is 1.59. The predicted molar refractivity (Wildman–Crippen MR) is 58.4 cm³/mol. The molecule has 0 spiro atoms.